The molecular weight excluding hydrogens is 425 g/mol. The van der Waals surface area contributed by atoms with E-state index in [0.29, 0.717) is 0 Å². The predicted octanol–water partition coefficient (Wildman–Crippen LogP) is 0.734. The van der Waals surface area contributed by atoms with Gasteiger partial charge in [0.25, 0.3) is 0 Å². The summed E-state index contributed by atoms with van der Waals surface area (Å²) in [5, 5.41) is 4.08. The molecule has 0 spiro atoms. The van der Waals surface area contributed by atoms with E-state index in [9.17, 15) is 27.2 Å². The number of hydrogen-bond acceptors (Lipinski definition) is 5. The molecule has 1 aromatic rings. The monoisotopic (exact) mass is 445 g/mol. The van der Waals surface area contributed by atoms with Crippen LogP contribution in [0.4, 0.5) is 4.39 Å². The molecule has 29 heavy (non-hydrogen) atoms. The smallest absolute Gasteiger partial charge is 0.245 e. The fourth-order valence-electron chi connectivity index (χ4n) is 3.64. The second-order valence-corrected chi connectivity index (χ2v) is 10.8. The van der Waals surface area contributed by atoms with E-state index in [1.54, 1.807) is 0 Å². The summed E-state index contributed by atoms with van der Waals surface area (Å²) in [5.74, 6) is -2.34. The van der Waals surface area contributed by atoms with Crippen LogP contribution in [0.5, 0.6) is 0 Å². The van der Waals surface area contributed by atoms with Gasteiger partial charge >= 0.3 is 0 Å². The zero-order valence-corrected chi connectivity index (χ0v) is 17.6. The molecule has 2 N–H and O–H groups in total. The number of halogens is 2. The van der Waals surface area contributed by atoms with Crippen molar-refractivity contribution in [3.8, 4) is 0 Å². The number of nitrogens with one attached hydrogen (secondary N) is 2. The molecule has 158 valence electrons. The van der Waals surface area contributed by atoms with Crippen molar-refractivity contribution in [2.45, 2.75) is 55.9 Å². The Morgan fingerprint density at radius 3 is 2.62 bits per heavy atom. The average Bonchev–Trinajstić information content (AvgIpc) is 2.74. The van der Waals surface area contributed by atoms with Crippen LogP contribution >= 0.6 is 11.6 Å². The van der Waals surface area contributed by atoms with E-state index in [1.165, 1.54) is 39.0 Å². The van der Waals surface area contributed by atoms with Gasteiger partial charge in [0.1, 0.15) is 23.3 Å². The number of β-lactam (4-membered cyclic amide) rings is 1. The Kier molecular flexibility index (Phi) is 5.37. The minimum Gasteiger partial charge on any atom is -0.350 e. The van der Waals surface area contributed by atoms with E-state index in [2.05, 4.69) is 10.6 Å². The Balaban J connectivity index is 1.67. The van der Waals surface area contributed by atoms with Crippen LogP contribution < -0.4 is 10.6 Å². The summed E-state index contributed by atoms with van der Waals surface area (Å²) in [6.07, 6.45) is -0.144. The number of benzene rings is 1. The lowest BCUT2D eigenvalue weighted by Crippen LogP contribution is -2.61. The maximum atomic E-state index is 13.8. The Bertz CT molecular complexity index is 977. The van der Waals surface area contributed by atoms with Crippen LogP contribution in [0.15, 0.2) is 18.2 Å². The topological polar surface area (TPSA) is 113 Å². The highest BCUT2D eigenvalue weighted by Crippen LogP contribution is 2.45. The minimum absolute atomic E-state index is 0.109. The van der Waals surface area contributed by atoms with Crippen molar-refractivity contribution in [2.75, 3.05) is 0 Å². The van der Waals surface area contributed by atoms with Crippen LogP contribution in [0.3, 0.4) is 0 Å². The third kappa shape index (κ3) is 3.38. The number of carbonyl (C=O) groups excluding carboxylic acids is 3. The zero-order valence-electron chi connectivity index (χ0n) is 16.0. The molecule has 3 rings (SSSR count). The molecule has 2 fully saturated rings. The molecule has 0 aliphatic carbocycles. The highest BCUT2D eigenvalue weighted by Gasteiger charge is 2.67. The van der Waals surface area contributed by atoms with Crippen LogP contribution in [0.25, 0.3) is 0 Å². The van der Waals surface area contributed by atoms with Gasteiger partial charge in [0.15, 0.2) is 9.84 Å². The number of sulfone groups is 1. The van der Waals surface area contributed by atoms with Gasteiger partial charge in [-0.3, -0.25) is 14.4 Å². The summed E-state index contributed by atoms with van der Waals surface area (Å²) in [7, 11) is -3.72. The summed E-state index contributed by atoms with van der Waals surface area (Å²) >= 11 is 5.92. The molecule has 0 saturated carbocycles. The molecule has 0 bridgehead atoms. The molecular formula is C18H21ClFN3O5S. The molecule has 3 atom stereocenters. The summed E-state index contributed by atoms with van der Waals surface area (Å²) in [4.78, 5) is 38.0. The molecule has 2 aliphatic heterocycles. The van der Waals surface area contributed by atoms with E-state index < -0.39 is 55.6 Å². The Morgan fingerprint density at radius 1 is 1.38 bits per heavy atom. The SMILES string of the molecule is CC(NC(=O)C1N2C(=O)CC2S(=O)(=O)C1(C)C)C(=O)NCc1c(F)cccc1Cl. The van der Waals surface area contributed by atoms with Gasteiger partial charge in [-0.05, 0) is 32.9 Å². The van der Waals surface area contributed by atoms with Gasteiger partial charge in [0.2, 0.25) is 17.7 Å². The van der Waals surface area contributed by atoms with E-state index in [4.69, 9.17) is 11.6 Å². The molecule has 0 aromatic heterocycles. The van der Waals surface area contributed by atoms with Crippen LogP contribution in [0.2, 0.25) is 5.02 Å². The minimum atomic E-state index is -3.72. The highest BCUT2D eigenvalue weighted by molar-refractivity contribution is 7.93. The summed E-state index contributed by atoms with van der Waals surface area (Å²) in [6, 6.07) is 1.87. The summed E-state index contributed by atoms with van der Waals surface area (Å²) < 4.78 is 37.5. The average molecular weight is 446 g/mol. The quantitative estimate of drug-likeness (QED) is 0.649. The standard InChI is InChI=1S/C18H21ClFN3O5S/c1-9(16(25)21-8-10-11(19)5-4-6-12(10)20)22-17(26)15-18(2,3)29(27,28)14-7-13(24)23(14)15/h4-6,9,14-15H,7-8H2,1-3H3,(H,21,25)(H,22,26). The van der Waals surface area contributed by atoms with Crippen molar-refractivity contribution < 1.29 is 27.2 Å². The third-order valence-electron chi connectivity index (χ3n) is 5.48. The predicted molar refractivity (Wildman–Crippen MR) is 103 cm³/mol. The second kappa shape index (κ2) is 7.24. The molecule has 2 heterocycles. The van der Waals surface area contributed by atoms with Gasteiger partial charge in [-0.2, -0.15) is 0 Å². The van der Waals surface area contributed by atoms with Gasteiger partial charge in [-0.15, -0.1) is 0 Å². The van der Waals surface area contributed by atoms with E-state index in [-0.39, 0.29) is 23.6 Å². The lowest BCUT2D eigenvalue weighted by Gasteiger charge is -2.37. The van der Waals surface area contributed by atoms with Crippen molar-refractivity contribution in [3.05, 3.63) is 34.6 Å². The maximum absolute atomic E-state index is 13.8. The number of rotatable bonds is 5. The Hall–Kier alpha value is -2.20. The number of carbonyl (C=O) groups is 3. The van der Waals surface area contributed by atoms with Crippen molar-refractivity contribution >= 4 is 39.2 Å². The maximum Gasteiger partial charge on any atom is 0.245 e. The molecule has 8 nitrogen and oxygen atoms in total. The zero-order chi connectivity index (χ0) is 21.7. The first-order valence-corrected chi connectivity index (χ1v) is 10.9. The van der Waals surface area contributed by atoms with Gasteiger partial charge in [-0.1, -0.05) is 17.7 Å². The fourth-order valence-corrected chi connectivity index (χ4v) is 6.00. The van der Waals surface area contributed by atoms with E-state index in [0.717, 1.165) is 4.90 Å². The molecule has 11 heteroatoms. The molecule has 2 aliphatic rings. The number of fused-ring (bicyclic) bond motifs is 1. The summed E-state index contributed by atoms with van der Waals surface area (Å²) in [6.45, 7) is 4.01. The van der Waals surface area contributed by atoms with Crippen molar-refractivity contribution in [1.82, 2.24) is 15.5 Å². The Labute approximate surface area is 172 Å². The van der Waals surface area contributed by atoms with Crippen LogP contribution in [-0.2, 0) is 30.8 Å². The molecule has 0 radical (unpaired) electrons. The number of hydrogen-bond donors (Lipinski definition) is 2. The van der Waals surface area contributed by atoms with Gasteiger partial charge in [0.05, 0.1) is 11.2 Å². The molecule has 1 aromatic carbocycles. The fraction of sp³-hybridized carbons (Fsp3) is 0.500. The molecule has 3 amide bonds. The first kappa shape index (κ1) is 21.5. The lowest BCUT2D eigenvalue weighted by atomic mass is 9.97. The van der Waals surface area contributed by atoms with Crippen LogP contribution in [0, 0.1) is 5.82 Å². The van der Waals surface area contributed by atoms with Crippen LogP contribution in [0.1, 0.15) is 32.8 Å². The van der Waals surface area contributed by atoms with Gasteiger partial charge in [0, 0.05) is 17.1 Å². The first-order valence-electron chi connectivity index (χ1n) is 8.95. The first-order chi connectivity index (χ1) is 13.4. The van der Waals surface area contributed by atoms with E-state index >= 15 is 0 Å². The highest BCUT2D eigenvalue weighted by atomic mass is 35.5. The second-order valence-electron chi connectivity index (χ2n) is 7.66. The van der Waals surface area contributed by atoms with Crippen molar-refractivity contribution in [1.29, 1.82) is 0 Å². The molecule has 2 saturated heterocycles. The van der Waals surface area contributed by atoms with Gasteiger partial charge in [-0.25, -0.2) is 12.8 Å². The third-order valence-corrected chi connectivity index (χ3v) is 8.63. The molecule has 3 unspecified atom stereocenters. The van der Waals surface area contributed by atoms with Crippen molar-refractivity contribution in [3.63, 3.8) is 0 Å². The Morgan fingerprint density at radius 2 is 2.03 bits per heavy atom. The van der Waals surface area contributed by atoms with Crippen molar-refractivity contribution in [2.24, 2.45) is 0 Å². The normalized spacial score (nSPS) is 25.0. The van der Waals surface area contributed by atoms with Gasteiger partial charge < -0.3 is 15.5 Å². The summed E-state index contributed by atoms with van der Waals surface area (Å²) in [5.41, 5.74) is 0.109. The lowest BCUT2D eigenvalue weighted by molar-refractivity contribution is -0.150. The van der Waals surface area contributed by atoms with E-state index in [1.807, 2.05) is 0 Å². The largest absolute Gasteiger partial charge is 0.350 e. The number of nitrogens with zero attached hydrogens (tertiary/aromatic N) is 1. The number of amides is 3. The van der Waals surface area contributed by atoms with Crippen LogP contribution in [-0.4, -0.2) is 53.2 Å².